The molecule has 7 heteroatoms. The lowest BCUT2D eigenvalue weighted by atomic mass is 10.2. The van der Waals surface area contributed by atoms with E-state index < -0.39 is 10.4 Å². The summed E-state index contributed by atoms with van der Waals surface area (Å²) in [5.74, 6) is 0.515. The van der Waals surface area contributed by atoms with Crippen molar-refractivity contribution < 1.29 is 14.3 Å². The van der Waals surface area contributed by atoms with Gasteiger partial charge in [-0.2, -0.15) is 0 Å². The maximum absolute atomic E-state index is 11.5. The second-order valence-corrected chi connectivity index (χ2v) is 7.85. The monoisotopic (exact) mass is 365 g/mol. The van der Waals surface area contributed by atoms with Crippen molar-refractivity contribution >= 4 is 46.6 Å². The molecule has 0 aromatic heterocycles. The number of rotatable bonds is 5. The molecule has 1 N–H and O–H groups in total. The molecule has 2 rings (SSSR count). The summed E-state index contributed by atoms with van der Waals surface area (Å²) in [7, 11) is 0. The molecule has 0 aliphatic heterocycles. The Kier molecular flexibility index (Phi) is 5.05. The summed E-state index contributed by atoms with van der Waals surface area (Å²) in [5, 5.41) is 2.99. The Hall–Kier alpha value is -0.840. The largest absolute Gasteiger partial charge is 0.491 e. The van der Waals surface area contributed by atoms with Crippen molar-refractivity contribution in [2.24, 2.45) is 5.41 Å². The van der Waals surface area contributed by atoms with Crippen molar-refractivity contribution in [3.63, 3.8) is 0 Å². The quantitative estimate of drug-likeness (QED) is 0.723. The van der Waals surface area contributed by atoms with Gasteiger partial charge >= 0.3 is 6.09 Å². The highest BCUT2D eigenvalue weighted by Gasteiger charge is 2.63. The van der Waals surface area contributed by atoms with Crippen LogP contribution in [-0.2, 0) is 4.74 Å². The molecule has 22 heavy (non-hydrogen) atoms. The van der Waals surface area contributed by atoms with Crippen molar-refractivity contribution in [2.75, 3.05) is 11.9 Å². The number of nitrogens with one attached hydrogen (secondary N) is 1. The van der Waals surface area contributed by atoms with Gasteiger partial charge in [0.15, 0.2) is 0 Å². The molecule has 0 bridgehead atoms. The molecule has 1 aromatic rings. The molecular weight excluding hydrogens is 349 g/mol. The topological polar surface area (TPSA) is 47.6 Å². The average Bonchev–Trinajstić information content (AvgIpc) is 2.86. The highest BCUT2D eigenvalue weighted by Crippen LogP contribution is 2.63. The lowest BCUT2D eigenvalue weighted by Crippen LogP contribution is -2.18. The van der Waals surface area contributed by atoms with Gasteiger partial charge in [0.25, 0.3) is 0 Å². The van der Waals surface area contributed by atoms with Crippen LogP contribution in [0.15, 0.2) is 18.2 Å². The first-order valence-electron chi connectivity index (χ1n) is 6.91. The lowest BCUT2D eigenvalue weighted by molar-refractivity contribution is 0.130. The maximum atomic E-state index is 11.5. The molecule has 1 amide bonds. The number of alkyl halides is 2. The molecular formula is C15H18Cl3NO3. The number of hydrogen-bond donors (Lipinski definition) is 1. The van der Waals surface area contributed by atoms with E-state index in [1.807, 2.05) is 6.92 Å². The van der Waals surface area contributed by atoms with E-state index in [1.54, 1.807) is 32.0 Å². The Bertz CT molecular complexity index is 577. The number of carbonyl (C=O) groups is 1. The van der Waals surface area contributed by atoms with Gasteiger partial charge in [-0.05, 0) is 38.5 Å². The minimum absolute atomic E-state index is 0.191. The summed E-state index contributed by atoms with van der Waals surface area (Å²) in [6, 6.07) is 4.97. The third kappa shape index (κ3) is 4.12. The average molecular weight is 367 g/mol. The zero-order valence-corrected chi connectivity index (χ0v) is 14.9. The zero-order valence-electron chi connectivity index (χ0n) is 12.6. The van der Waals surface area contributed by atoms with Gasteiger partial charge in [-0.15, -0.1) is 23.2 Å². The van der Waals surface area contributed by atoms with Crippen molar-refractivity contribution in [1.29, 1.82) is 0 Å². The maximum Gasteiger partial charge on any atom is 0.411 e. The van der Waals surface area contributed by atoms with Crippen LogP contribution in [0.25, 0.3) is 0 Å². The number of ether oxygens (including phenoxy) is 2. The molecule has 1 aromatic carbocycles. The molecule has 1 fully saturated rings. The van der Waals surface area contributed by atoms with Crippen LogP contribution in [0.3, 0.4) is 0 Å². The van der Waals surface area contributed by atoms with E-state index in [1.165, 1.54) is 0 Å². The van der Waals surface area contributed by atoms with E-state index >= 15 is 0 Å². The van der Waals surface area contributed by atoms with Crippen molar-refractivity contribution in [2.45, 2.75) is 37.6 Å². The molecule has 1 unspecified atom stereocenters. The third-order valence-electron chi connectivity index (χ3n) is 3.44. The molecule has 1 aliphatic rings. The van der Waals surface area contributed by atoms with Gasteiger partial charge in [0.05, 0.1) is 17.7 Å². The van der Waals surface area contributed by atoms with Gasteiger partial charge in [-0.1, -0.05) is 18.5 Å². The number of amides is 1. The van der Waals surface area contributed by atoms with E-state index in [9.17, 15) is 4.79 Å². The van der Waals surface area contributed by atoms with Gasteiger partial charge < -0.3 is 9.47 Å². The normalized spacial score (nSPS) is 22.3. The van der Waals surface area contributed by atoms with Crippen molar-refractivity contribution in [3.8, 4) is 5.75 Å². The molecule has 1 saturated carbocycles. The summed E-state index contributed by atoms with van der Waals surface area (Å²) in [4.78, 5) is 11.5. The van der Waals surface area contributed by atoms with Crippen LogP contribution in [0.1, 0.15) is 27.2 Å². The molecule has 1 atom stereocenters. The minimum atomic E-state index is -0.735. The van der Waals surface area contributed by atoms with Crippen molar-refractivity contribution in [3.05, 3.63) is 23.2 Å². The number of anilines is 1. The van der Waals surface area contributed by atoms with E-state index in [0.29, 0.717) is 29.5 Å². The fourth-order valence-corrected chi connectivity index (χ4v) is 2.83. The third-order valence-corrected chi connectivity index (χ3v) is 4.91. The van der Waals surface area contributed by atoms with Gasteiger partial charge in [0.2, 0.25) is 0 Å². The summed E-state index contributed by atoms with van der Waals surface area (Å²) < 4.78 is 9.94. The predicted octanol–water partition coefficient (Wildman–Crippen LogP) is 5.26. The SMILES string of the molecule is CC(C)OC(=O)Nc1ccc(OCC2(C)CC2(Cl)Cl)c(Cl)c1. The lowest BCUT2D eigenvalue weighted by Gasteiger charge is -2.15. The van der Waals surface area contributed by atoms with E-state index in [0.717, 1.165) is 0 Å². The van der Waals surface area contributed by atoms with Gasteiger partial charge in [-0.25, -0.2) is 4.79 Å². The summed E-state index contributed by atoms with van der Waals surface area (Å²) >= 11 is 18.3. The zero-order chi connectivity index (χ0) is 16.5. The van der Waals surface area contributed by atoms with Crippen LogP contribution < -0.4 is 10.1 Å². The Morgan fingerprint density at radius 1 is 1.41 bits per heavy atom. The summed E-state index contributed by atoms with van der Waals surface area (Å²) in [6.07, 6.45) is -0.0375. The highest BCUT2D eigenvalue weighted by atomic mass is 35.5. The van der Waals surface area contributed by atoms with E-state index in [4.69, 9.17) is 44.3 Å². The van der Waals surface area contributed by atoms with Gasteiger partial charge in [0.1, 0.15) is 10.1 Å². The smallest absolute Gasteiger partial charge is 0.411 e. The first kappa shape index (κ1) is 17.5. The molecule has 122 valence electrons. The Morgan fingerprint density at radius 3 is 2.55 bits per heavy atom. The van der Waals surface area contributed by atoms with E-state index in [-0.39, 0.29) is 11.5 Å². The summed E-state index contributed by atoms with van der Waals surface area (Å²) in [5.41, 5.74) is 0.266. The molecule has 0 radical (unpaired) electrons. The standard InChI is InChI=1S/C15H18Cl3NO3/c1-9(2)22-13(20)19-10-4-5-12(11(16)6-10)21-8-14(3)7-15(14,17)18/h4-6,9H,7-8H2,1-3H3,(H,19,20). The fraction of sp³-hybridized carbons (Fsp3) is 0.533. The molecule has 0 saturated heterocycles. The number of halogens is 3. The van der Waals surface area contributed by atoms with Crippen molar-refractivity contribution in [1.82, 2.24) is 0 Å². The van der Waals surface area contributed by atoms with Gasteiger partial charge in [-0.3, -0.25) is 5.32 Å². The van der Waals surface area contributed by atoms with Crippen LogP contribution in [0.5, 0.6) is 5.75 Å². The van der Waals surface area contributed by atoms with Crippen LogP contribution in [0.4, 0.5) is 10.5 Å². The van der Waals surface area contributed by atoms with Crippen LogP contribution in [0, 0.1) is 5.41 Å². The van der Waals surface area contributed by atoms with Gasteiger partial charge in [0, 0.05) is 11.1 Å². The Balaban J connectivity index is 1.94. The van der Waals surface area contributed by atoms with E-state index in [2.05, 4.69) is 5.32 Å². The Labute approximate surface area is 145 Å². The second-order valence-electron chi connectivity index (χ2n) is 5.95. The Morgan fingerprint density at radius 2 is 2.05 bits per heavy atom. The number of benzene rings is 1. The number of hydrogen-bond acceptors (Lipinski definition) is 3. The van der Waals surface area contributed by atoms with Crippen LogP contribution in [-0.4, -0.2) is 23.1 Å². The van der Waals surface area contributed by atoms with Crippen LogP contribution in [0.2, 0.25) is 5.02 Å². The molecule has 4 nitrogen and oxygen atoms in total. The number of carbonyl (C=O) groups excluding carboxylic acids is 1. The molecule has 0 heterocycles. The minimum Gasteiger partial charge on any atom is -0.491 e. The molecule has 1 aliphatic carbocycles. The molecule has 0 spiro atoms. The first-order chi connectivity index (χ1) is 10.1. The summed E-state index contributed by atoms with van der Waals surface area (Å²) in [6.45, 7) is 5.88. The second kappa shape index (κ2) is 6.34. The van der Waals surface area contributed by atoms with Crippen LogP contribution >= 0.6 is 34.8 Å². The highest BCUT2D eigenvalue weighted by molar-refractivity contribution is 6.51. The first-order valence-corrected chi connectivity index (χ1v) is 8.04. The fourth-order valence-electron chi connectivity index (χ4n) is 1.90. The predicted molar refractivity (Wildman–Crippen MR) is 89.3 cm³/mol.